The molecule has 2 rings (SSSR count). The molecule has 0 aliphatic rings. The Morgan fingerprint density at radius 3 is 2.89 bits per heavy atom. The Bertz CT molecular complexity index is 537. The molecule has 1 aromatic carbocycles. The van der Waals surface area contributed by atoms with Gasteiger partial charge >= 0.3 is 0 Å². The molecule has 0 amide bonds. The second kappa shape index (κ2) is 5.22. The molecule has 1 unspecified atom stereocenters. The van der Waals surface area contributed by atoms with Gasteiger partial charge in [0.2, 0.25) is 0 Å². The van der Waals surface area contributed by atoms with E-state index in [0.717, 1.165) is 6.54 Å². The maximum Gasteiger partial charge on any atom is 0.173 e. The third-order valence-corrected chi connectivity index (χ3v) is 2.79. The standard InChI is InChI=1S/C12H16FN5/c1-4-14-9(3)12-15-16-17-18(12)10-6-5-8(2)11(13)7-10/h5-7,9,14H,4H2,1-3H3. The summed E-state index contributed by atoms with van der Waals surface area (Å²) in [5, 5.41) is 14.8. The summed E-state index contributed by atoms with van der Waals surface area (Å²) in [7, 11) is 0. The van der Waals surface area contributed by atoms with E-state index in [0.29, 0.717) is 17.1 Å². The fraction of sp³-hybridized carbons (Fsp3) is 0.417. The fourth-order valence-electron chi connectivity index (χ4n) is 1.76. The molecule has 2 aromatic rings. The van der Waals surface area contributed by atoms with Gasteiger partial charge in [-0.2, -0.15) is 4.68 Å². The van der Waals surface area contributed by atoms with Crippen molar-refractivity contribution in [3.05, 3.63) is 35.4 Å². The topological polar surface area (TPSA) is 55.6 Å². The fourth-order valence-corrected chi connectivity index (χ4v) is 1.76. The molecule has 0 saturated heterocycles. The van der Waals surface area contributed by atoms with E-state index in [1.54, 1.807) is 23.7 Å². The van der Waals surface area contributed by atoms with Crippen LogP contribution < -0.4 is 5.32 Å². The number of nitrogens with zero attached hydrogens (tertiary/aromatic N) is 4. The molecule has 96 valence electrons. The quantitative estimate of drug-likeness (QED) is 0.897. The van der Waals surface area contributed by atoms with E-state index in [1.165, 1.54) is 6.07 Å². The molecule has 18 heavy (non-hydrogen) atoms. The van der Waals surface area contributed by atoms with Crippen molar-refractivity contribution in [2.45, 2.75) is 26.8 Å². The van der Waals surface area contributed by atoms with Gasteiger partial charge in [-0.25, -0.2) is 4.39 Å². The van der Waals surface area contributed by atoms with Crippen LogP contribution >= 0.6 is 0 Å². The van der Waals surface area contributed by atoms with Gasteiger partial charge in [-0.3, -0.25) is 0 Å². The monoisotopic (exact) mass is 249 g/mol. The highest BCUT2D eigenvalue weighted by molar-refractivity contribution is 5.35. The minimum absolute atomic E-state index is 0.00867. The summed E-state index contributed by atoms with van der Waals surface area (Å²) in [4.78, 5) is 0. The number of halogens is 1. The Kier molecular flexibility index (Phi) is 3.66. The lowest BCUT2D eigenvalue weighted by Crippen LogP contribution is -2.21. The second-order valence-electron chi connectivity index (χ2n) is 4.16. The van der Waals surface area contributed by atoms with E-state index in [9.17, 15) is 4.39 Å². The third-order valence-electron chi connectivity index (χ3n) is 2.79. The highest BCUT2D eigenvalue weighted by Gasteiger charge is 2.15. The first-order chi connectivity index (χ1) is 8.63. The van der Waals surface area contributed by atoms with Crippen LogP contribution in [0.15, 0.2) is 18.2 Å². The molecule has 1 heterocycles. The number of hydrogen-bond acceptors (Lipinski definition) is 4. The number of aromatic nitrogens is 4. The van der Waals surface area contributed by atoms with Gasteiger partial charge in [0.25, 0.3) is 0 Å². The summed E-state index contributed by atoms with van der Waals surface area (Å²) in [5.74, 6) is 0.408. The SMILES string of the molecule is CCNC(C)c1nnnn1-c1ccc(C)c(F)c1. The Hall–Kier alpha value is -1.82. The largest absolute Gasteiger partial charge is 0.308 e. The first kappa shape index (κ1) is 12.6. The van der Waals surface area contributed by atoms with Crippen LogP contribution in [0.2, 0.25) is 0 Å². The lowest BCUT2D eigenvalue weighted by atomic mass is 10.2. The lowest BCUT2D eigenvalue weighted by molar-refractivity contribution is 0.549. The zero-order chi connectivity index (χ0) is 13.1. The molecule has 0 saturated carbocycles. The number of nitrogens with one attached hydrogen (secondary N) is 1. The van der Waals surface area contributed by atoms with Crippen molar-refractivity contribution in [2.24, 2.45) is 0 Å². The number of tetrazole rings is 1. The second-order valence-corrected chi connectivity index (χ2v) is 4.16. The Labute approximate surface area is 105 Å². The van der Waals surface area contributed by atoms with Gasteiger partial charge in [0.15, 0.2) is 5.82 Å². The van der Waals surface area contributed by atoms with Crippen molar-refractivity contribution in [3.8, 4) is 5.69 Å². The molecule has 0 aliphatic heterocycles. The summed E-state index contributed by atoms with van der Waals surface area (Å²) in [6.45, 7) is 6.52. The summed E-state index contributed by atoms with van der Waals surface area (Å²) in [6, 6.07) is 4.97. The first-order valence-corrected chi connectivity index (χ1v) is 5.91. The van der Waals surface area contributed by atoms with Gasteiger partial charge in [0.05, 0.1) is 11.7 Å². The molecule has 0 bridgehead atoms. The van der Waals surface area contributed by atoms with Crippen molar-refractivity contribution in [3.63, 3.8) is 0 Å². The predicted octanol–water partition coefficient (Wildman–Crippen LogP) is 1.78. The van der Waals surface area contributed by atoms with Crippen molar-refractivity contribution in [1.82, 2.24) is 25.5 Å². The normalized spacial score (nSPS) is 12.7. The average molecular weight is 249 g/mol. The van der Waals surface area contributed by atoms with Crippen LogP contribution in [0, 0.1) is 12.7 Å². The minimum atomic E-state index is -0.259. The summed E-state index contributed by atoms with van der Waals surface area (Å²) >= 11 is 0. The van der Waals surface area contributed by atoms with Crippen LogP contribution in [0.5, 0.6) is 0 Å². The average Bonchev–Trinajstić information content (AvgIpc) is 2.82. The Balaban J connectivity index is 2.39. The molecule has 1 atom stereocenters. The zero-order valence-corrected chi connectivity index (χ0v) is 10.7. The van der Waals surface area contributed by atoms with Gasteiger partial charge in [-0.15, -0.1) is 5.10 Å². The van der Waals surface area contributed by atoms with Gasteiger partial charge in [-0.1, -0.05) is 13.0 Å². The number of rotatable bonds is 4. The Morgan fingerprint density at radius 2 is 2.22 bits per heavy atom. The molecular weight excluding hydrogens is 233 g/mol. The van der Waals surface area contributed by atoms with Crippen LogP contribution in [-0.2, 0) is 0 Å². The van der Waals surface area contributed by atoms with Crippen molar-refractivity contribution in [1.29, 1.82) is 0 Å². The van der Waals surface area contributed by atoms with Gasteiger partial charge < -0.3 is 5.32 Å². The maximum absolute atomic E-state index is 13.6. The van der Waals surface area contributed by atoms with E-state index in [-0.39, 0.29) is 11.9 Å². The molecule has 0 fully saturated rings. The van der Waals surface area contributed by atoms with Crippen molar-refractivity contribution >= 4 is 0 Å². The van der Waals surface area contributed by atoms with E-state index in [2.05, 4.69) is 20.8 Å². The van der Waals surface area contributed by atoms with Crippen molar-refractivity contribution < 1.29 is 4.39 Å². The molecule has 0 radical (unpaired) electrons. The highest BCUT2D eigenvalue weighted by Crippen LogP contribution is 2.16. The van der Waals surface area contributed by atoms with E-state index >= 15 is 0 Å². The van der Waals surface area contributed by atoms with Crippen LogP contribution in [-0.4, -0.2) is 26.8 Å². The van der Waals surface area contributed by atoms with E-state index < -0.39 is 0 Å². The molecule has 0 aliphatic carbocycles. The number of aryl methyl sites for hydroxylation is 1. The Morgan fingerprint density at radius 1 is 1.44 bits per heavy atom. The van der Waals surface area contributed by atoms with Gasteiger partial charge in [0.1, 0.15) is 5.82 Å². The van der Waals surface area contributed by atoms with Crippen LogP contribution in [0.25, 0.3) is 5.69 Å². The number of hydrogen-bond donors (Lipinski definition) is 1. The van der Waals surface area contributed by atoms with Crippen LogP contribution in [0.4, 0.5) is 4.39 Å². The van der Waals surface area contributed by atoms with Crippen LogP contribution in [0.1, 0.15) is 31.3 Å². The third kappa shape index (κ3) is 2.38. The van der Waals surface area contributed by atoms with Gasteiger partial charge in [-0.05, 0) is 48.5 Å². The first-order valence-electron chi connectivity index (χ1n) is 5.91. The van der Waals surface area contributed by atoms with E-state index in [1.807, 2.05) is 13.8 Å². The molecule has 0 spiro atoms. The highest BCUT2D eigenvalue weighted by atomic mass is 19.1. The lowest BCUT2D eigenvalue weighted by Gasteiger charge is -2.12. The van der Waals surface area contributed by atoms with Gasteiger partial charge in [0, 0.05) is 0 Å². The van der Waals surface area contributed by atoms with Crippen molar-refractivity contribution in [2.75, 3.05) is 6.54 Å². The predicted molar refractivity (Wildman–Crippen MR) is 65.9 cm³/mol. The summed E-state index contributed by atoms with van der Waals surface area (Å²) < 4.78 is 15.1. The molecule has 1 N–H and O–H groups in total. The summed E-state index contributed by atoms with van der Waals surface area (Å²) in [5.41, 5.74) is 1.23. The maximum atomic E-state index is 13.6. The molecule has 5 nitrogen and oxygen atoms in total. The summed E-state index contributed by atoms with van der Waals surface area (Å²) in [6.07, 6.45) is 0. The number of benzene rings is 1. The molecule has 6 heteroatoms. The van der Waals surface area contributed by atoms with Crippen LogP contribution in [0.3, 0.4) is 0 Å². The smallest absolute Gasteiger partial charge is 0.173 e. The molecular formula is C12H16FN5. The zero-order valence-electron chi connectivity index (χ0n) is 10.7. The molecule has 1 aromatic heterocycles. The van der Waals surface area contributed by atoms with E-state index in [4.69, 9.17) is 0 Å². The minimum Gasteiger partial charge on any atom is -0.308 e.